The molecule has 0 spiro atoms. The van der Waals surface area contributed by atoms with E-state index in [9.17, 15) is 13.2 Å². The molecule has 160 valence electrons. The molecule has 0 unspecified atom stereocenters. The van der Waals surface area contributed by atoms with Crippen molar-refractivity contribution in [2.75, 3.05) is 16.8 Å². The molecule has 0 fully saturated rings. The molecule has 0 saturated heterocycles. The Labute approximate surface area is 178 Å². The zero-order chi connectivity index (χ0) is 22.0. The maximum atomic E-state index is 12.5. The normalized spacial score (nSPS) is 12.8. The largest absolute Gasteiger partial charge is 0.454 e. The van der Waals surface area contributed by atoms with Gasteiger partial charge in [-0.3, -0.25) is 4.79 Å². The number of anilines is 2. The summed E-state index contributed by atoms with van der Waals surface area (Å²) in [5.74, 6) is 1.02. The molecule has 0 atom stereocenters. The quantitative estimate of drug-likeness (QED) is 0.421. The lowest BCUT2D eigenvalue weighted by Gasteiger charge is -2.07. The lowest BCUT2D eigenvalue weighted by atomic mass is 10.1. The number of fused-ring (bicyclic) bond motifs is 1. The number of hydrogen-bond donors (Lipinski definition) is 2. The van der Waals surface area contributed by atoms with Gasteiger partial charge in [0.1, 0.15) is 0 Å². The summed E-state index contributed by atoms with van der Waals surface area (Å²) in [5, 5.41) is 6.67. The molecule has 0 radical (unpaired) electrons. The molecule has 31 heavy (non-hydrogen) atoms. The van der Waals surface area contributed by atoms with Gasteiger partial charge in [-0.25, -0.2) is 13.1 Å². The standard InChI is InChI=1S/C21H19N3O6S/c1-13-14(2)23-30-21(13)24-31(26,27)17-6-4-16(5-7-17)22-10-9-18(25)15-3-8-19-20(11-15)29-12-28-19/h3-11,22,24H,12H2,1-2H3. The molecule has 10 heteroatoms. The summed E-state index contributed by atoms with van der Waals surface area (Å²) in [6.45, 7) is 3.58. The summed E-state index contributed by atoms with van der Waals surface area (Å²) in [7, 11) is -3.82. The minimum absolute atomic E-state index is 0.0620. The van der Waals surface area contributed by atoms with Gasteiger partial charge in [-0.1, -0.05) is 5.16 Å². The van der Waals surface area contributed by atoms with E-state index in [4.69, 9.17) is 14.0 Å². The van der Waals surface area contributed by atoms with Gasteiger partial charge in [-0.2, -0.15) is 0 Å². The average Bonchev–Trinajstić information content (AvgIpc) is 3.35. The molecule has 1 aliphatic rings. The molecule has 1 aromatic heterocycles. The molecule has 9 nitrogen and oxygen atoms in total. The van der Waals surface area contributed by atoms with Crippen LogP contribution in [0.4, 0.5) is 11.6 Å². The first-order chi connectivity index (χ1) is 14.8. The Morgan fingerprint density at radius 1 is 1.06 bits per heavy atom. The van der Waals surface area contributed by atoms with Crippen LogP contribution in [0.5, 0.6) is 11.5 Å². The van der Waals surface area contributed by atoms with Crippen LogP contribution in [-0.2, 0) is 10.0 Å². The van der Waals surface area contributed by atoms with E-state index in [0.717, 1.165) is 0 Å². The fourth-order valence-electron chi connectivity index (χ4n) is 2.78. The van der Waals surface area contributed by atoms with Gasteiger partial charge in [-0.05, 0) is 56.3 Å². The Hall–Kier alpha value is -3.79. The number of hydrogen-bond acceptors (Lipinski definition) is 8. The average molecular weight is 441 g/mol. The number of sulfonamides is 1. The number of ketones is 1. The van der Waals surface area contributed by atoms with Crippen LogP contribution in [0.15, 0.2) is 64.2 Å². The van der Waals surface area contributed by atoms with E-state index in [-0.39, 0.29) is 23.4 Å². The van der Waals surface area contributed by atoms with Crippen LogP contribution in [0.2, 0.25) is 0 Å². The van der Waals surface area contributed by atoms with Crippen LogP contribution in [0, 0.1) is 13.8 Å². The number of nitrogens with zero attached hydrogens (tertiary/aromatic N) is 1. The van der Waals surface area contributed by atoms with E-state index < -0.39 is 10.0 Å². The van der Waals surface area contributed by atoms with Crippen LogP contribution >= 0.6 is 0 Å². The smallest absolute Gasteiger partial charge is 0.264 e. The minimum Gasteiger partial charge on any atom is -0.454 e. The van der Waals surface area contributed by atoms with Crippen molar-refractivity contribution in [3.63, 3.8) is 0 Å². The van der Waals surface area contributed by atoms with Gasteiger partial charge < -0.3 is 19.3 Å². The first kappa shape index (κ1) is 20.5. The van der Waals surface area contributed by atoms with Crippen molar-refractivity contribution in [2.45, 2.75) is 18.7 Å². The van der Waals surface area contributed by atoms with E-state index >= 15 is 0 Å². The molecule has 2 aromatic carbocycles. The Bertz CT molecular complexity index is 1260. The highest BCUT2D eigenvalue weighted by Crippen LogP contribution is 2.32. The Morgan fingerprint density at radius 2 is 1.81 bits per heavy atom. The van der Waals surface area contributed by atoms with E-state index in [2.05, 4.69) is 15.2 Å². The van der Waals surface area contributed by atoms with E-state index in [0.29, 0.717) is 34.0 Å². The van der Waals surface area contributed by atoms with Crippen molar-refractivity contribution in [1.29, 1.82) is 0 Å². The summed E-state index contributed by atoms with van der Waals surface area (Å²) in [5.41, 5.74) is 2.31. The van der Waals surface area contributed by atoms with Gasteiger partial charge in [0.25, 0.3) is 10.0 Å². The van der Waals surface area contributed by atoms with Crippen molar-refractivity contribution in [3.05, 3.63) is 71.6 Å². The second kappa shape index (κ2) is 8.15. The van der Waals surface area contributed by atoms with Crippen molar-refractivity contribution in [2.24, 2.45) is 0 Å². The molecular weight excluding hydrogens is 422 g/mol. The Balaban J connectivity index is 1.39. The molecule has 2 heterocycles. The summed E-state index contributed by atoms with van der Waals surface area (Å²) >= 11 is 0. The van der Waals surface area contributed by atoms with Gasteiger partial charge in [0, 0.05) is 29.1 Å². The summed E-state index contributed by atoms with van der Waals surface area (Å²) < 4.78 is 42.9. The van der Waals surface area contributed by atoms with E-state index in [1.54, 1.807) is 44.2 Å². The number of ether oxygens (including phenoxy) is 2. The van der Waals surface area contributed by atoms with Gasteiger partial charge in [0.2, 0.25) is 12.7 Å². The number of carbonyl (C=O) groups is 1. The molecule has 3 aromatic rings. The molecule has 0 bridgehead atoms. The molecule has 4 rings (SSSR count). The minimum atomic E-state index is -3.82. The summed E-state index contributed by atoms with van der Waals surface area (Å²) in [4.78, 5) is 12.4. The van der Waals surface area contributed by atoms with Crippen LogP contribution in [-0.4, -0.2) is 26.2 Å². The first-order valence-corrected chi connectivity index (χ1v) is 10.7. The second-order valence-corrected chi connectivity index (χ2v) is 8.44. The zero-order valence-corrected chi connectivity index (χ0v) is 17.5. The summed E-state index contributed by atoms with van der Waals surface area (Å²) in [6.07, 6.45) is 2.86. The lowest BCUT2D eigenvalue weighted by molar-refractivity contribution is 0.104. The van der Waals surface area contributed by atoms with Crippen LogP contribution in [0.3, 0.4) is 0 Å². The lowest BCUT2D eigenvalue weighted by Crippen LogP contribution is -2.13. The Morgan fingerprint density at radius 3 is 2.52 bits per heavy atom. The van der Waals surface area contributed by atoms with Gasteiger partial charge in [0.05, 0.1) is 10.6 Å². The SMILES string of the molecule is Cc1noc(NS(=O)(=O)c2ccc(NC=CC(=O)c3ccc4c(c3)OCO4)cc2)c1C. The molecule has 2 N–H and O–H groups in total. The highest BCUT2D eigenvalue weighted by Gasteiger charge is 2.19. The van der Waals surface area contributed by atoms with Crippen molar-refractivity contribution >= 4 is 27.4 Å². The van der Waals surface area contributed by atoms with Gasteiger partial charge in [0.15, 0.2) is 17.3 Å². The van der Waals surface area contributed by atoms with Crippen molar-refractivity contribution < 1.29 is 27.2 Å². The molecule has 1 aliphatic heterocycles. The first-order valence-electron chi connectivity index (χ1n) is 9.26. The number of carbonyl (C=O) groups excluding carboxylic acids is 1. The number of aromatic nitrogens is 1. The van der Waals surface area contributed by atoms with Crippen LogP contribution in [0.1, 0.15) is 21.6 Å². The molecule has 0 saturated carbocycles. The predicted octanol–water partition coefficient (Wildman–Crippen LogP) is 3.63. The van der Waals surface area contributed by atoms with E-state index in [1.165, 1.54) is 24.4 Å². The third kappa shape index (κ3) is 4.38. The van der Waals surface area contributed by atoms with Crippen molar-refractivity contribution in [3.8, 4) is 11.5 Å². The monoisotopic (exact) mass is 441 g/mol. The number of nitrogens with one attached hydrogen (secondary N) is 2. The van der Waals surface area contributed by atoms with Gasteiger partial charge >= 0.3 is 0 Å². The topological polar surface area (TPSA) is 120 Å². The fourth-order valence-corrected chi connectivity index (χ4v) is 3.83. The Kier molecular flexibility index (Phi) is 5.38. The maximum absolute atomic E-state index is 12.5. The van der Waals surface area contributed by atoms with E-state index in [1.807, 2.05) is 0 Å². The zero-order valence-electron chi connectivity index (χ0n) is 16.7. The number of rotatable bonds is 7. The number of aryl methyl sites for hydroxylation is 1. The maximum Gasteiger partial charge on any atom is 0.264 e. The molecule has 0 aliphatic carbocycles. The van der Waals surface area contributed by atoms with Crippen LogP contribution in [0.25, 0.3) is 0 Å². The van der Waals surface area contributed by atoms with Crippen molar-refractivity contribution in [1.82, 2.24) is 5.16 Å². The number of allylic oxidation sites excluding steroid dienone is 1. The predicted molar refractivity (Wildman–Crippen MR) is 113 cm³/mol. The van der Waals surface area contributed by atoms with Gasteiger partial charge in [-0.15, -0.1) is 0 Å². The fraction of sp³-hybridized carbons (Fsp3) is 0.143. The van der Waals surface area contributed by atoms with Crippen LogP contribution < -0.4 is 19.5 Å². The third-order valence-corrected chi connectivity index (χ3v) is 6.04. The number of benzene rings is 2. The molecular formula is C21H19N3O6S. The third-order valence-electron chi connectivity index (χ3n) is 4.69. The molecule has 0 amide bonds. The highest BCUT2D eigenvalue weighted by molar-refractivity contribution is 7.92. The second-order valence-electron chi connectivity index (χ2n) is 6.76. The highest BCUT2D eigenvalue weighted by atomic mass is 32.2. The summed E-state index contributed by atoms with van der Waals surface area (Å²) in [6, 6.07) is 11.0.